The van der Waals surface area contributed by atoms with Gasteiger partial charge in [-0.05, 0) is 41.8 Å². The van der Waals surface area contributed by atoms with E-state index in [9.17, 15) is 4.79 Å². The summed E-state index contributed by atoms with van der Waals surface area (Å²) in [6.45, 7) is 11.2. The number of rotatable bonds is 8. The van der Waals surface area contributed by atoms with Crippen LogP contribution in [-0.2, 0) is 32.4 Å². The summed E-state index contributed by atoms with van der Waals surface area (Å²) >= 11 is 0. The topological polar surface area (TPSA) is 44.8 Å². The van der Waals surface area contributed by atoms with Crippen molar-refractivity contribution in [2.75, 3.05) is 7.11 Å². The molecule has 0 spiro atoms. The Morgan fingerprint density at radius 1 is 1.07 bits per heavy atom. The molecule has 0 saturated carbocycles. The van der Waals surface area contributed by atoms with Gasteiger partial charge in [-0.1, -0.05) is 57.2 Å². The molecule has 1 radical (unpaired) electrons. The van der Waals surface area contributed by atoms with Gasteiger partial charge in [0.05, 0.1) is 13.7 Å². The highest BCUT2D eigenvalue weighted by Gasteiger charge is 2.24. The van der Waals surface area contributed by atoms with Crippen molar-refractivity contribution in [3.8, 4) is 5.75 Å². The molecule has 5 heteroatoms. The number of carbonyl (C=O) groups excluding carboxylic acids is 1. The zero-order valence-electron chi connectivity index (χ0n) is 17.7. The lowest BCUT2D eigenvalue weighted by Crippen LogP contribution is -2.31. The molecule has 0 heterocycles. The van der Waals surface area contributed by atoms with Crippen molar-refractivity contribution in [2.45, 2.75) is 58.4 Å². The predicted octanol–water partition coefficient (Wildman–Crippen LogP) is 4.91. The van der Waals surface area contributed by atoms with Gasteiger partial charge in [-0.3, -0.25) is 0 Å². The van der Waals surface area contributed by atoms with Crippen LogP contribution in [0.15, 0.2) is 48.5 Å². The molecule has 1 atom stereocenters. The number of methoxy groups -OCH3 is 1. The second-order valence-corrected chi connectivity index (χ2v) is 10.2. The van der Waals surface area contributed by atoms with Crippen LogP contribution in [0.2, 0.25) is 13.1 Å². The van der Waals surface area contributed by atoms with E-state index in [-0.39, 0.29) is 11.4 Å². The molecule has 0 aliphatic rings. The minimum atomic E-state index is -0.840. The van der Waals surface area contributed by atoms with Crippen molar-refractivity contribution >= 4 is 15.0 Å². The lowest BCUT2D eigenvalue weighted by molar-refractivity contribution is -0.148. The molecule has 1 unspecified atom stereocenters. The van der Waals surface area contributed by atoms with Gasteiger partial charge in [0.2, 0.25) is 9.04 Å². The first-order valence-electron chi connectivity index (χ1n) is 9.55. The lowest BCUT2D eigenvalue weighted by Gasteiger charge is -2.24. The van der Waals surface area contributed by atoms with E-state index in [1.54, 1.807) is 0 Å². The Morgan fingerprint density at radius 3 is 2.32 bits per heavy atom. The fourth-order valence-corrected chi connectivity index (χ4v) is 3.23. The largest absolute Gasteiger partial charge is 0.478 e. The lowest BCUT2D eigenvalue weighted by atomic mass is 9.86. The summed E-state index contributed by atoms with van der Waals surface area (Å²) in [6, 6.07) is 15.9. The molecule has 0 amide bonds. The first-order valence-corrected chi connectivity index (χ1v) is 12.0. The maximum absolute atomic E-state index is 12.4. The third kappa shape index (κ3) is 6.50. The van der Waals surface area contributed by atoms with Gasteiger partial charge in [0.25, 0.3) is 0 Å². The minimum Gasteiger partial charge on any atom is -0.478 e. The molecule has 2 aromatic carbocycles. The van der Waals surface area contributed by atoms with Gasteiger partial charge in [0, 0.05) is 12.0 Å². The van der Waals surface area contributed by atoms with Gasteiger partial charge in [0.1, 0.15) is 5.75 Å². The third-order valence-electron chi connectivity index (χ3n) is 4.44. The molecular formula is C23H31O4Si. The van der Waals surface area contributed by atoms with Crippen LogP contribution in [0, 0.1) is 0 Å². The zero-order chi connectivity index (χ0) is 20.7. The van der Waals surface area contributed by atoms with E-state index in [2.05, 4.69) is 46.0 Å². The minimum absolute atomic E-state index is 0.0191. The average molecular weight is 400 g/mol. The summed E-state index contributed by atoms with van der Waals surface area (Å²) in [7, 11) is 0.548. The van der Waals surface area contributed by atoms with E-state index in [4.69, 9.17) is 13.9 Å². The molecule has 4 nitrogen and oxygen atoms in total. The molecular weight excluding hydrogens is 368 g/mol. The van der Waals surface area contributed by atoms with E-state index >= 15 is 0 Å². The zero-order valence-corrected chi connectivity index (χ0v) is 18.7. The number of hydrogen-bond acceptors (Lipinski definition) is 4. The van der Waals surface area contributed by atoms with E-state index in [0.29, 0.717) is 18.8 Å². The summed E-state index contributed by atoms with van der Waals surface area (Å²) in [4.78, 5) is 12.4. The van der Waals surface area contributed by atoms with Crippen molar-refractivity contribution in [2.24, 2.45) is 0 Å². The van der Waals surface area contributed by atoms with Crippen LogP contribution in [0.25, 0.3) is 0 Å². The van der Waals surface area contributed by atoms with Crippen LogP contribution < -0.4 is 4.74 Å². The van der Waals surface area contributed by atoms with E-state index in [1.807, 2.05) is 36.4 Å². The van der Waals surface area contributed by atoms with Gasteiger partial charge >= 0.3 is 5.97 Å². The summed E-state index contributed by atoms with van der Waals surface area (Å²) in [5, 5.41) is 0. The Bertz CT molecular complexity index is 766. The number of ether oxygens (including phenoxy) is 2. The van der Waals surface area contributed by atoms with E-state index in [0.717, 1.165) is 11.1 Å². The average Bonchev–Trinajstić information content (AvgIpc) is 2.65. The first kappa shape index (κ1) is 22.2. The normalized spacial score (nSPS) is 12.7. The van der Waals surface area contributed by atoms with E-state index < -0.39 is 15.1 Å². The quantitative estimate of drug-likeness (QED) is 0.467. The van der Waals surface area contributed by atoms with Crippen LogP contribution in [0.5, 0.6) is 5.75 Å². The van der Waals surface area contributed by atoms with Crippen LogP contribution >= 0.6 is 0 Å². The standard InChI is InChI=1S/C23H31O4Si/c1-23(2,3)19-12-13-20(18(15-19)16-26-28(5)6)27-21(22(24)25-4)14-17-10-8-7-9-11-17/h7-13,15,21H,14,16H2,1-6H3. The Kier molecular flexibility index (Phi) is 7.84. The molecule has 28 heavy (non-hydrogen) atoms. The summed E-state index contributed by atoms with van der Waals surface area (Å²) < 4.78 is 17.1. The Balaban J connectivity index is 2.32. The number of benzene rings is 2. The molecule has 0 saturated heterocycles. The number of hydrogen-bond donors (Lipinski definition) is 0. The number of esters is 1. The predicted molar refractivity (Wildman–Crippen MR) is 114 cm³/mol. The highest BCUT2D eigenvalue weighted by Crippen LogP contribution is 2.30. The van der Waals surface area contributed by atoms with Crippen molar-refractivity contribution in [3.63, 3.8) is 0 Å². The highest BCUT2D eigenvalue weighted by atomic mass is 28.3. The molecule has 0 fully saturated rings. The fraction of sp³-hybridized carbons (Fsp3) is 0.435. The number of carbonyl (C=O) groups is 1. The maximum Gasteiger partial charge on any atom is 0.347 e. The van der Waals surface area contributed by atoms with Gasteiger partial charge in [0.15, 0.2) is 6.10 Å². The molecule has 2 aromatic rings. The molecule has 0 N–H and O–H groups in total. The van der Waals surface area contributed by atoms with Gasteiger partial charge in [-0.2, -0.15) is 0 Å². The Hall–Kier alpha value is -2.11. The van der Waals surface area contributed by atoms with Crippen LogP contribution in [0.4, 0.5) is 0 Å². The molecule has 0 aromatic heterocycles. The van der Waals surface area contributed by atoms with Crippen molar-refractivity contribution in [3.05, 3.63) is 65.2 Å². The maximum atomic E-state index is 12.4. The van der Waals surface area contributed by atoms with Crippen molar-refractivity contribution in [1.29, 1.82) is 0 Å². The van der Waals surface area contributed by atoms with Crippen molar-refractivity contribution in [1.82, 2.24) is 0 Å². The third-order valence-corrected chi connectivity index (χ3v) is 5.16. The molecule has 2 rings (SSSR count). The van der Waals surface area contributed by atoms with Gasteiger partial charge < -0.3 is 13.9 Å². The Labute approximate surface area is 170 Å². The fourth-order valence-electron chi connectivity index (χ4n) is 2.78. The summed E-state index contributed by atoms with van der Waals surface area (Å²) in [6.07, 6.45) is -0.259. The molecule has 0 aliphatic heterocycles. The Morgan fingerprint density at radius 2 is 1.75 bits per heavy atom. The van der Waals surface area contributed by atoms with Crippen LogP contribution in [0.3, 0.4) is 0 Å². The van der Waals surface area contributed by atoms with Crippen LogP contribution in [0.1, 0.15) is 37.5 Å². The smallest absolute Gasteiger partial charge is 0.347 e. The monoisotopic (exact) mass is 399 g/mol. The molecule has 151 valence electrons. The summed E-state index contributed by atoms with van der Waals surface area (Å²) in [5.74, 6) is 0.286. The van der Waals surface area contributed by atoms with Crippen molar-refractivity contribution < 1.29 is 18.7 Å². The van der Waals surface area contributed by atoms with Gasteiger partial charge in [-0.25, -0.2) is 4.79 Å². The first-order chi connectivity index (χ1) is 13.2. The second-order valence-electron chi connectivity index (χ2n) is 8.09. The SMILES string of the molecule is COC(=O)C(Cc1ccccc1)Oc1ccc(C(C)(C)C)cc1CO[Si](C)C. The second kappa shape index (κ2) is 9.89. The van der Waals surface area contributed by atoms with Gasteiger partial charge in [-0.15, -0.1) is 0 Å². The molecule has 0 bridgehead atoms. The highest BCUT2D eigenvalue weighted by molar-refractivity contribution is 6.48. The van der Waals surface area contributed by atoms with E-state index in [1.165, 1.54) is 12.7 Å². The van der Waals surface area contributed by atoms with Crippen LogP contribution in [-0.4, -0.2) is 28.2 Å². The summed E-state index contributed by atoms with van der Waals surface area (Å²) in [5.41, 5.74) is 3.21. The molecule has 0 aliphatic carbocycles.